The highest BCUT2D eigenvalue weighted by molar-refractivity contribution is 5.89. The van der Waals surface area contributed by atoms with Gasteiger partial charge in [-0.1, -0.05) is 56.2 Å². The average molecular weight is 471 g/mol. The number of carbonyl (C=O) groups is 1. The summed E-state index contributed by atoms with van der Waals surface area (Å²) in [7, 11) is 1.69. The predicted octanol–water partition coefficient (Wildman–Crippen LogP) is 7.29. The molecule has 1 atom stereocenters. The number of carbonyl (C=O) groups excluding carboxylic acids is 1. The van der Waals surface area contributed by atoms with Gasteiger partial charge in [0.2, 0.25) is 5.91 Å². The summed E-state index contributed by atoms with van der Waals surface area (Å²) in [6, 6.07) is 16.9. The summed E-state index contributed by atoms with van der Waals surface area (Å²) in [5.74, 6) is 0.817. The van der Waals surface area contributed by atoms with Gasteiger partial charge >= 0.3 is 0 Å². The first-order valence-electron chi connectivity index (χ1n) is 12.7. The van der Waals surface area contributed by atoms with Crippen molar-refractivity contribution in [2.75, 3.05) is 7.11 Å². The summed E-state index contributed by atoms with van der Waals surface area (Å²) in [5.41, 5.74) is 3.69. The minimum Gasteiger partial charge on any atom is -0.497 e. The van der Waals surface area contributed by atoms with Crippen molar-refractivity contribution in [1.82, 2.24) is 10.3 Å². The number of unbranched alkanes of at least 4 members (excludes halogenated alkanes) is 2. The van der Waals surface area contributed by atoms with Gasteiger partial charge in [0, 0.05) is 24.5 Å². The number of hydrogen-bond acceptors (Lipinski definition) is 3. The number of methoxy groups -OCH3 is 1. The predicted molar refractivity (Wildman–Crippen MR) is 147 cm³/mol. The second-order valence-corrected chi connectivity index (χ2v) is 9.10. The molecular weight excluding hydrogens is 432 g/mol. The number of pyridine rings is 1. The largest absolute Gasteiger partial charge is 0.497 e. The monoisotopic (exact) mass is 470 g/mol. The molecule has 0 unspecified atom stereocenters. The molecule has 0 aliphatic heterocycles. The Morgan fingerprint density at radius 3 is 2.69 bits per heavy atom. The van der Waals surface area contributed by atoms with Gasteiger partial charge in [0.25, 0.3) is 0 Å². The van der Waals surface area contributed by atoms with Crippen molar-refractivity contribution in [3.63, 3.8) is 0 Å². The topological polar surface area (TPSA) is 51.2 Å². The zero-order chi connectivity index (χ0) is 24.9. The van der Waals surface area contributed by atoms with E-state index >= 15 is 0 Å². The van der Waals surface area contributed by atoms with Crippen LogP contribution in [-0.4, -0.2) is 24.0 Å². The summed E-state index contributed by atoms with van der Waals surface area (Å²) in [6.07, 6.45) is 16.8. The number of nitrogens with zero attached hydrogens (tertiary/aromatic N) is 1. The van der Waals surface area contributed by atoms with Crippen LogP contribution < -0.4 is 10.1 Å². The molecule has 0 aliphatic rings. The van der Waals surface area contributed by atoms with Gasteiger partial charge in [0.05, 0.1) is 7.11 Å². The van der Waals surface area contributed by atoms with Gasteiger partial charge in [-0.15, -0.1) is 0 Å². The number of fused-ring (bicyclic) bond motifs is 1. The zero-order valence-corrected chi connectivity index (χ0v) is 21.3. The Morgan fingerprint density at radius 1 is 1.09 bits per heavy atom. The van der Waals surface area contributed by atoms with Gasteiger partial charge < -0.3 is 10.1 Å². The summed E-state index contributed by atoms with van der Waals surface area (Å²) in [5, 5.41) is 5.43. The van der Waals surface area contributed by atoms with Crippen molar-refractivity contribution >= 4 is 22.3 Å². The molecule has 1 heterocycles. The molecule has 1 amide bonds. The van der Waals surface area contributed by atoms with Gasteiger partial charge in [0.15, 0.2) is 0 Å². The van der Waals surface area contributed by atoms with Crippen molar-refractivity contribution in [3.05, 3.63) is 90.3 Å². The highest BCUT2D eigenvalue weighted by Crippen LogP contribution is 2.27. The van der Waals surface area contributed by atoms with Crippen LogP contribution in [0.1, 0.15) is 63.5 Å². The Kier molecular flexibility index (Phi) is 10.6. The molecule has 0 fully saturated rings. The maximum absolute atomic E-state index is 12.5. The molecule has 1 aromatic heterocycles. The molecule has 2 aromatic carbocycles. The fourth-order valence-electron chi connectivity index (χ4n) is 4.21. The molecule has 0 saturated carbocycles. The number of benzene rings is 2. The molecule has 0 spiro atoms. The number of aryl methyl sites for hydroxylation is 1. The van der Waals surface area contributed by atoms with E-state index in [1.54, 1.807) is 19.4 Å². The van der Waals surface area contributed by atoms with Crippen LogP contribution in [0.2, 0.25) is 0 Å². The van der Waals surface area contributed by atoms with Crippen molar-refractivity contribution in [3.8, 4) is 5.75 Å². The fourth-order valence-corrected chi connectivity index (χ4v) is 4.21. The molecular formula is C31H38N2O2. The Morgan fingerprint density at radius 2 is 1.91 bits per heavy atom. The van der Waals surface area contributed by atoms with Crippen molar-refractivity contribution in [2.24, 2.45) is 0 Å². The molecule has 0 saturated heterocycles. The Bertz CT molecular complexity index is 1140. The molecule has 184 valence electrons. The summed E-state index contributed by atoms with van der Waals surface area (Å²) < 4.78 is 5.35. The highest BCUT2D eigenvalue weighted by atomic mass is 16.5. The zero-order valence-electron chi connectivity index (χ0n) is 21.3. The van der Waals surface area contributed by atoms with Crippen LogP contribution in [-0.2, 0) is 11.2 Å². The third-order valence-electron chi connectivity index (χ3n) is 6.23. The van der Waals surface area contributed by atoms with Crippen LogP contribution >= 0.6 is 0 Å². The van der Waals surface area contributed by atoms with Gasteiger partial charge in [-0.3, -0.25) is 9.78 Å². The number of aromatic nitrogens is 1. The van der Waals surface area contributed by atoms with E-state index in [9.17, 15) is 4.79 Å². The first-order valence-corrected chi connectivity index (χ1v) is 12.7. The van der Waals surface area contributed by atoms with E-state index in [1.165, 1.54) is 34.9 Å². The fraction of sp³-hybridized carbons (Fsp3) is 0.355. The van der Waals surface area contributed by atoms with Crippen LogP contribution in [0, 0.1) is 0 Å². The molecule has 0 bridgehead atoms. The minimum atomic E-state index is -0.0476. The standard InChI is InChI=1S/C31H38N2O2/c1-4-5-6-13-26(27-16-17-29-22-30(35-3)19-18-28(29)21-27)14-8-15-31(34)33-24(2)10-7-11-25-12-9-20-32-23-25/h8-9,12,14-24H,4-7,10-11,13H2,1-3H3,(H,33,34)/b15-8+,26-14+/t24-/m1/s1. The van der Waals surface area contributed by atoms with E-state index in [0.29, 0.717) is 0 Å². The van der Waals surface area contributed by atoms with Crippen LogP contribution in [0.15, 0.2) is 79.2 Å². The minimum absolute atomic E-state index is 0.0476. The number of rotatable bonds is 13. The molecule has 1 N–H and O–H groups in total. The van der Waals surface area contributed by atoms with E-state index in [-0.39, 0.29) is 11.9 Å². The average Bonchev–Trinajstić information content (AvgIpc) is 2.88. The van der Waals surface area contributed by atoms with Crippen molar-refractivity contribution in [2.45, 2.75) is 64.8 Å². The smallest absolute Gasteiger partial charge is 0.244 e. The van der Waals surface area contributed by atoms with Crippen LogP contribution in [0.25, 0.3) is 16.3 Å². The third kappa shape index (κ3) is 8.71. The number of hydrogen-bond donors (Lipinski definition) is 1. The number of allylic oxidation sites excluding steroid dienone is 3. The lowest BCUT2D eigenvalue weighted by atomic mass is 9.96. The first-order chi connectivity index (χ1) is 17.1. The molecule has 35 heavy (non-hydrogen) atoms. The van der Waals surface area contributed by atoms with Gasteiger partial charge in [-0.05, 0) is 90.8 Å². The highest BCUT2D eigenvalue weighted by Gasteiger charge is 2.06. The van der Waals surface area contributed by atoms with Crippen molar-refractivity contribution in [1.29, 1.82) is 0 Å². The lowest BCUT2D eigenvalue weighted by molar-refractivity contribution is -0.117. The second-order valence-electron chi connectivity index (χ2n) is 9.10. The molecule has 4 heteroatoms. The van der Waals surface area contributed by atoms with E-state index in [1.807, 2.05) is 24.4 Å². The van der Waals surface area contributed by atoms with E-state index < -0.39 is 0 Å². The molecule has 0 radical (unpaired) electrons. The lowest BCUT2D eigenvalue weighted by Gasteiger charge is -2.12. The van der Waals surface area contributed by atoms with E-state index in [2.05, 4.69) is 66.6 Å². The van der Waals surface area contributed by atoms with E-state index in [4.69, 9.17) is 4.74 Å². The summed E-state index contributed by atoms with van der Waals surface area (Å²) in [4.78, 5) is 16.6. The van der Waals surface area contributed by atoms with Gasteiger partial charge in [0.1, 0.15) is 5.75 Å². The third-order valence-corrected chi connectivity index (χ3v) is 6.23. The normalized spacial score (nSPS) is 12.7. The Balaban J connectivity index is 1.60. The van der Waals surface area contributed by atoms with Crippen LogP contribution in [0.3, 0.4) is 0 Å². The molecule has 0 aliphatic carbocycles. The molecule has 3 rings (SSSR count). The Hall–Kier alpha value is -3.40. The van der Waals surface area contributed by atoms with Gasteiger partial charge in [-0.2, -0.15) is 0 Å². The summed E-state index contributed by atoms with van der Waals surface area (Å²) >= 11 is 0. The summed E-state index contributed by atoms with van der Waals surface area (Å²) in [6.45, 7) is 4.28. The van der Waals surface area contributed by atoms with Gasteiger partial charge in [-0.25, -0.2) is 0 Å². The first kappa shape index (κ1) is 26.2. The van der Waals surface area contributed by atoms with Crippen LogP contribution in [0.5, 0.6) is 5.75 Å². The number of ether oxygens (including phenoxy) is 1. The second kappa shape index (κ2) is 14.1. The van der Waals surface area contributed by atoms with Crippen LogP contribution in [0.4, 0.5) is 0 Å². The molecule has 4 nitrogen and oxygen atoms in total. The SMILES string of the molecule is CCCCC/C(=C\C=C\C(=O)N[C@H](C)CCCc1cccnc1)c1ccc2cc(OC)ccc2c1. The number of nitrogens with one attached hydrogen (secondary N) is 1. The molecule has 3 aromatic rings. The lowest BCUT2D eigenvalue weighted by Crippen LogP contribution is -2.31. The van der Waals surface area contributed by atoms with Crippen molar-refractivity contribution < 1.29 is 9.53 Å². The maximum atomic E-state index is 12.5. The van der Waals surface area contributed by atoms with E-state index in [0.717, 1.165) is 43.2 Å². The quantitative estimate of drug-likeness (QED) is 0.162. The Labute approximate surface area is 210 Å². The number of amides is 1. The maximum Gasteiger partial charge on any atom is 0.244 e.